The van der Waals surface area contributed by atoms with Crippen molar-refractivity contribution >= 4 is 17.3 Å². The Morgan fingerprint density at radius 1 is 1.32 bits per heavy atom. The summed E-state index contributed by atoms with van der Waals surface area (Å²) in [5.41, 5.74) is 0.962. The van der Waals surface area contributed by atoms with Crippen LogP contribution < -0.4 is 5.32 Å². The molecule has 0 saturated heterocycles. The smallest absolute Gasteiger partial charge is 0.335 e. The topological polar surface area (TPSA) is 75.1 Å². The van der Waals surface area contributed by atoms with Gasteiger partial charge in [0.15, 0.2) is 0 Å². The van der Waals surface area contributed by atoms with E-state index in [0.29, 0.717) is 5.69 Å². The van der Waals surface area contributed by atoms with Crippen molar-refractivity contribution < 1.29 is 9.90 Å². The Labute approximate surface area is 115 Å². The average Bonchev–Trinajstić information content (AvgIpc) is 2.92. The standard InChI is InChI=1S/C13H15N3O2S/c1-8(16-9(2)12-15-5-6-19-12)11-7-10(13(17)18)3-4-14-11/h3-9,16H,1-2H3,(H,17,18)/t8?,9-/m0/s1. The highest BCUT2D eigenvalue weighted by Crippen LogP contribution is 2.20. The molecule has 0 spiro atoms. The van der Waals surface area contributed by atoms with Gasteiger partial charge >= 0.3 is 5.97 Å². The van der Waals surface area contributed by atoms with Crippen molar-refractivity contribution in [2.45, 2.75) is 25.9 Å². The summed E-state index contributed by atoms with van der Waals surface area (Å²) >= 11 is 1.59. The fourth-order valence-corrected chi connectivity index (χ4v) is 2.45. The maximum Gasteiger partial charge on any atom is 0.335 e. The number of hydrogen-bond acceptors (Lipinski definition) is 5. The van der Waals surface area contributed by atoms with Crippen molar-refractivity contribution in [3.63, 3.8) is 0 Å². The second kappa shape index (κ2) is 5.90. The Balaban J connectivity index is 2.09. The summed E-state index contributed by atoms with van der Waals surface area (Å²) in [6, 6.07) is 3.14. The zero-order chi connectivity index (χ0) is 13.8. The number of rotatable bonds is 5. The van der Waals surface area contributed by atoms with Crippen LogP contribution in [0.1, 0.15) is 47.0 Å². The van der Waals surface area contributed by atoms with Gasteiger partial charge in [0.25, 0.3) is 0 Å². The van der Waals surface area contributed by atoms with Crippen molar-refractivity contribution in [3.05, 3.63) is 46.2 Å². The van der Waals surface area contributed by atoms with E-state index in [1.165, 1.54) is 12.3 Å². The molecule has 5 nitrogen and oxygen atoms in total. The number of carbonyl (C=O) groups is 1. The highest BCUT2D eigenvalue weighted by atomic mass is 32.1. The molecule has 2 atom stereocenters. The first-order chi connectivity index (χ1) is 9.08. The number of carboxylic acids is 1. The molecule has 2 heterocycles. The summed E-state index contributed by atoms with van der Waals surface area (Å²) < 4.78 is 0. The molecule has 0 aliphatic carbocycles. The molecule has 6 heteroatoms. The SMILES string of the molecule is CC(N[C@@H](C)c1nccs1)c1cc(C(=O)O)ccn1. The van der Waals surface area contributed by atoms with E-state index in [9.17, 15) is 4.79 Å². The molecule has 2 N–H and O–H groups in total. The number of pyridine rings is 1. The highest BCUT2D eigenvalue weighted by molar-refractivity contribution is 7.09. The van der Waals surface area contributed by atoms with Crippen molar-refractivity contribution in [3.8, 4) is 0 Å². The van der Waals surface area contributed by atoms with Crippen LogP contribution >= 0.6 is 11.3 Å². The normalized spacial score (nSPS) is 14.0. The van der Waals surface area contributed by atoms with Crippen molar-refractivity contribution in [2.24, 2.45) is 0 Å². The Kier molecular flexibility index (Phi) is 4.24. The van der Waals surface area contributed by atoms with Crippen LogP contribution in [-0.2, 0) is 0 Å². The van der Waals surface area contributed by atoms with Gasteiger partial charge < -0.3 is 10.4 Å². The number of aromatic carboxylic acids is 1. The molecule has 2 rings (SSSR count). The summed E-state index contributed by atoms with van der Waals surface area (Å²) in [5.74, 6) is -0.941. The highest BCUT2D eigenvalue weighted by Gasteiger charge is 2.15. The molecule has 0 saturated carbocycles. The third-order valence-corrected chi connectivity index (χ3v) is 3.75. The van der Waals surface area contributed by atoms with Crippen LogP contribution in [0.2, 0.25) is 0 Å². The minimum atomic E-state index is -0.941. The van der Waals surface area contributed by atoms with Crippen LogP contribution in [0, 0.1) is 0 Å². The molecule has 2 aromatic heterocycles. The second-order valence-electron chi connectivity index (χ2n) is 4.25. The van der Waals surface area contributed by atoms with Crippen LogP contribution in [0.3, 0.4) is 0 Å². The second-order valence-corrected chi connectivity index (χ2v) is 5.18. The van der Waals surface area contributed by atoms with Crippen LogP contribution in [0.4, 0.5) is 0 Å². The van der Waals surface area contributed by atoms with Crippen molar-refractivity contribution in [1.29, 1.82) is 0 Å². The van der Waals surface area contributed by atoms with E-state index in [4.69, 9.17) is 5.11 Å². The first kappa shape index (κ1) is 13.6. The maximum absolute atomic E-state index is 10.9. The van der Waals surface area contributed by atoms with Crippen LogP contribution in [0.15, 0.2) is 29.9 Å². The molecule has 0 bridgehead atoms. The summed E-state index contributed by atoms with van der Waals surface area (Å²) in [7, 11) is 0. The van der Waals surface area contributed by atoms with E-state index >= 15 is 0 Å². The first-order valence-electron chi connectivity index (χ1n) is 5.92. The molecule has 0 fully saturated rings. The van der Waals surface area contributed by atoms with Crippen molar-refractivity contribution in [1.82, 2.24) is 15.3 Å². The van der Waals surface area contributed by atoms with Crippen molar-refractivity contribution in [2.75, 3.05) is 0 Å². The maximum atomic E-state index is 10.9. The number of carboxylic acid groups (broad SMARTS) is 1. The van der Waals surface area contributed by atoms with Gasteiger partial charge in [-0.3, -0.25) is 4.98 Å². The number of nitrogens with one attached hydrogen (secondary N) is 1. The third kappa shape index (κ3) is 3.36. The van der Waals surface area contributed by atoms with E-state index in [1.807, 2.05) is 19.2 Å². The summed E-state index contributed by atoms with van der Waals surface area (Å²) in [4.78, 5) is 19.4. The lowest BCUT2D eigenvalue weighted by molar-refractivity contribution is 0.0696. The predicted molar refractivity (Wildman–Crippen MR) is 73.3 cm³/mol. The largest absolute Gasteiger partial charge is 0.478 e. The van der Waals surface area contributed by atoms with Crippen LogP contribution in [-0.4, -0.2) is 21.0 Å². The quantitative estimate of drug-likeness (QED) is 0.878. The molecule has 2 aromatic rings. The average molecular weight is 277 g/mol. The number of aromatic nitrogens is 2. The molecule has 0 aliphatic rings. The fraction of sp³-hybridized carbons (Fsp3) is 0.308. The zero-order valence-electron chi connectivity index (χ0n) is 10.7. The molecule has 100 valence electrons. The van der Waals surface area contributed by atoms with E-state index < -0.39 is 5.97 Å². The number of nitrogens with zero attached hydrogens (tertiary/aromatic N) is 2. The Morgan fingerprint density at radius 2 is 2.11 bits per heavy atom. The predicted octanol–water partition coefficient (Wildman–Crippen LogP) is 2.65. The molecule has 0 aromatic carbocycles. The third-order valence-electron chi connectivity index (χ3n) is 2.79. The van der Waals surface area contributed by atoms with E-state index in [0.717, 1.165) is 5.01 Å². The lowest BCUT2D eigenvalue weighted by atomic mass is 10.1. The molecule has 19 heavy (non-hydrogen) atoms. The number of thiazole rings is 1. The lowest BCUT2D eigenvalue weighted by Crippen LogP contribution is -2.23. The van der Waals surface area contributed by atoms with Gasteiger partial charge in [-0.1, -0.05) is 0 Å². The summed E-state index contributed by atoms with van der Waals surface area (Å²) in [5, 5.41) is 15.3. The van der Waals surface area contributed by atoms with E-state index in [-0.39, 0.29) is 17.6 Å². The summed E-state index contributed by atoms with van der Waals surface area (Å²) in [6.45, 7) is 3.98. The first-order valence-corrected chi connectivity index (χ1v) is 6.80. The molecule has 0 radical (unpaired) electrons. The monoisotopic (exact) mass is 277 g/mol. The van der Waals surface area contributed by atoms with Gasteiger partial charge in [-0.25, -0.2) is 9.78 Å². The summed E-state index contributed by atoms with van der Waals surface area (Å²) in [6.07, 6.45) is 3.29. The molecule has 0 amide bonds. The fourth-order valence-electron chi connectivity index (χ4n) is 1.80. The zero-order valence-corrected chi connectivity index (χ0v) is 11.5. The van der Waals surface area contributed by atoms with Gasteiger partial charge in [0.1, 0.15) is 5.01 Å². The number of hydrogen-bond donors (Lipinski definition) is 2. The Hall–Kier alpha value is -1.79. The van der Waals surface area contributed by atoms with Gasteiger partial charge in [0.05, 0.1) is 17.3 Å². The van der Waals surface area contributed by atoms with Gasteiger partial charge in [-0.05, 0) is 26.0 Å². The molecular weight excluding hydrogens is 262 g/mol. The van der Waals surface area contributed by atoms with E-state index in [1.54, 1.807) is 23.6 Å². The van der Waals surface area contributed by atoms with Gasteiger partial charge in [0, 0.05) is 23.8 Å². The Morgan fingerprint density at radius 3 is 2.74 bits per heavy atom. The minimum absolute atomic E-state index is 0.0433. The van der Waals surface area contributed by atoms with E-state index in [2.05, 4.69) is 15.3 Å². The Bertz CT molecular complexity index is 557. The van der Waals surface area contributed by atoms with Gasteiger partial charge in [0.2, 0.25) is 0 Å². The minimum Gasteiger partial charge on any atom is -0.478 e. The lowest BCUT2D eigenvalue weighted by Gasteiger charge is -2.18. The van der Waals surface area contributed by atoms with Gasteiger partial charge in [-0.2, -0.15) is 0 Å². The molecular formula is C13H15N3O2S. The van der Waals surface area contributed by atoms with Crippen LogP contribution in [0.5, 0.6) is 0 Å². The van der Waals surface area contributed by atoms with Crippen LogP contribution in [0.25, 0.3) is 0 Å². The van der Waals surface area contributed by atoms with Gasteiger partial charge in [-0.15, -0.1) is 11.3 Å². The molecule has 0 aliphatic heterocycles. The molecule has 1 unspecified atom stereocenters.